The Balaban J connectivity index is 1.13. The summed E-state index contributed by atoms with van der Waals surface area (Å²) in [6, 6.07) is 57.4. The van der Waals surface area contributed by atoms with Crippen molar-refractivity contribution in [3.05, 3.63) is 204 Å². The normalized spacial score (nSPS) is 10.4. The Morgan fingerprint density at radius 3 is 0.906 bits per heavy atom. The zero-order valence-electron chi connectivity index (χ0n) is 36.1. The summed E-state index contributed by atoms with van der Waals surface area (Å²) >= 11 is 0. The molecule has 0 saturated heterocycles. The highest BCUT2D eigenvalue weighted by atomic mass is 16.5. The number of esters is 1. The SMILES string of the molecule is COC(=O)c1c(C#Cc2ccc(N(c3ccc(OC)cc3)c3ccc(OC)cc3)cc2)c2cccccc-2c1C#Cc1ccc(N(c2ccc(OC)cc2)c2ccc(OC)cc2)cc1. The molecule has 2 aliphatic rings. The van der Waals surface area contributed by atoms with E-state index in [1.807, 2.05) is 176 Å². The number of benzene rings is 6. The minimum absolute atomic E-state index is 0.326. The van der Waals surface area contributed by atoms with Crippen molar-refractivity contribution in [3.8, 4) is 57.8 Å². The van der Waals surface area contributed by atoms with Crippen LogP contribution in [0.2, 0.25) is 0 Å². The molecule has 8 nitrogen and oxygen atoms in total. The van der Waals surface area contributed by atoms with Gasteiger partial charge in [-0.3, -0.25) is 0 Å². The first kappa shape index (κ1) is 42.1. The number of rotatable bonds is 11. The van der Waals surface area contributed by atoms with E-state index >= 15 is 0 Å². The van der Waals surface area contributed by atoms with Gasteiger partial charge in [0.25, 0.3) is 0 Å². The molecule has 2 aliphatic carbocycles. The van der Waals surface area contributed by atoms with Crippen LogP contribution in [-0.2, 0) is 4.74 Å². The molecule has 8 heteroatoms. The summed E-state index contributed by atoms with van der Waals surface area (Å²) < 4.78 is 27.1. The van der Waals surface area contributed by atoms with E-state index in [1.54, 1.807) is 28.4 Å². The van der Waals surface area contributed by atoms with Crippen molar-refractivity contribution < 1.29 is 28.5 Å². The molecule has 0 radical (unpaired) electrons. The minimum Gasteiger partial charge on any atom is -0.497 e. The fourth-order valence-electron chi connectivity index (χ4n) is 7.42. The molecule has 0 saturated carbocycles. The van der Waals surface area contributed by atoms with Crippen LogP contribution in [0.25, 0.3) is 11.1 Å². The highest BCUT2D eigenvalue weighted by Crippen LogP contribution is 2.39. The van der Waals surface area contributed by atoms with Crippen LogP contribution < -0.4 is 28.7 Å². The van der Waals surface area contributed by atoms with E-state index in [2.05, 4.69) is 33.5 Å². The van der Waals surface area contributed by atoms with E-state index in [1.165, 1.54) is 7.11 Å². The third-order valence-corrected chi connectivity index (χ3v) is 10.7. The lowest BCUT2D eigenvalue weighted by Crippen LogP contribution is -2.09. The highest BCUT2D eigenvalue weighted by molar-refractivity contribution is 6.03. The molecule has 6 aromatic rings. The monoisotopic (exact) mass is 840 g/mol. The Labute approximate surface area is 374 Å². The van der Waals surface area contributed by atoms with Crippen LogP contribution in [0.3, 0.4) is 0 Å². The summed E-state index contributed by atoms with van der Waals surface area (Å²) in [5.41, 5.74) is 10.3. The number of carbonyl (C=O) groups excluding carboxylic acids is 1. The van der Waals surface area contributed by atoms with Gasteiger partial charge in [-0.1, -0.05) is 54.0 Å². The summed E-state index contributed by atoms with van der Waals surface area (Å²) in [7, 11) is 7.99. The predicted molar refractivity (Wildman–Crippen MR) is 255 cm³/mol. The fourth-order valence-corrected chi connectivity index (χ4v) is 7.42. The maximum absolute atomic E-state index is 13.7. The summed E-state index contributed by atoms with van der Waals surface area (Å²) in [5.74, 6) is 15.9. The van der Waals surface area contributed by atoms with E-state index in [-0.39, 0.29) is 0 Å². The summed E-state index contributed by atoms with van der Waals surface area (Å²) in [5, 5.41) is 0. The zero-order chi connectivity index (χ0) is 44.4. The number of nitrogens with zero attached hydrogens (tertiary/aromatic N) is 2. The first-order valence-corrected chi connectivity index (χ1v) is 20.4. The topological polar surface area (TPSA) is 69.7 Å². The van der Waals surface area contributed by atoms with Gasteiger partial charge in [0, 0.05) is 56.4 Å². The standard InChI is InChI=1S/C56H44N2O6/c1-60-47-29-21-43(22-30-47)57(44-23-31-48(61-2)32-24-44)41-17-11-39(12-18-41)15-37-53-51-9-7-6-8-10-52(51)54(55(53)56(59)64-5)38-16-40-13-19-42(20-14-40)58(45-25-33-49(62-3)34-26-45)46-27-35-50(63-4)36-28-46/h6-14,17-36H,1-5H3. The van der Waals surface area contributed by atoms with Crippen molar-refractivity contribution in [3.63, 3.8) is 0 Å². The van der Waals surface area contributed by atoms with E-state index in [9.17, 15) is 4.79 Å². The largest absolute Gasteiger partial charge is 0.497 e. The maximum Gasteiger partial charge on any atom is 0.340 e. The number of hydrogen-bond acceptors (Lipinski definition) is 8. The molecule has 0 fully saturated rings. The fraction of sp³-hybridized carbons (Fsp3) is 0.0893. The van der Waals surface area contributed by atoms with Gasteiger partial charge in [-0.05, 0) is 157 Å². The first-order valence-electron chi connectivity index (χ1n) is 20.4. The number of carbonyl (C=O) groups is 1. The minimum atomic E-state index is -0.512. The second kappa shape index (κ2) is 19.4. The lowest BCUT2D eigenvalue weighted by molar-refractivity contribution is 0.0600. The van der Waals surface area contributed by atoms with E-state index < -0.39 is 5.97 Å². The highest BCUT2D eigenvalue weighted by Gasteiger charge is 2.26. The predicted octanol–water partition coefficient (Wildman–Crippen LogP) is 12.4. The van der Waals surface area contributed by atoms with Gasteiger partial charge >= 0.3 is 5.97 Å². The van der Waals surface area contributed by atoms with Gasteiger partial charge in [-0.15, -0.1) is 0 Å². The van der Waals surface area contributed by atoms with Crippen LogP contribution in [0, 0.1) is 23.7 Å². The number of anilines is 6. The summed E-state index contributed by atoms with van der Waals surface area (Å²) in [4.78, 5) is 18.0. The molecule has 0 bridgehead atoms. The molecule has 0 aromatic heterocycles. The van der Waals surface area contributed by atoms with Crippen molar-refractivity contribution in [2.45, 2.75) is 0 Å². The van der Waals surface area contributed by atoms with Gasteiger partial charge < -0.3 is 33.5 Å². The third kappa shape index (κ3) is 9.04. The molecule has 0 N–H and O–H groups in total. The van der Waals surface area contributed by atoms with Gasteiger partial charge in [0.1, 0.15) is 23.0 Å². The molecule has 0 amide bonds. The maximum atomic E-state index is 13.7. The Kier molecular flexibility index (Phi) is 12.8. The first-order chi connectivity index (χ1) is 31.4. The zero-order valence-corrected chi connectivity index (χ0v) is 36.1. The van der Waals surface area contributed by atoms with Crippen molar-refractivity contribution in [1.82, 2.24) is 0 Å². The van der Waals surface area contributed by atoms with Crippen LogP contribution >= 0.6 is 0 Å². The summed E-state index contributed by atoms with van der Waals surface area (Å²) in [6.07, 6.45) is 0. The van der Waals surface area contributed by atoms with Crippen molar-refractivity contribution in [2.75, 3.05) is 45.3 Å². The second-order valence-electron chi connectivity index (χ2n) is 14.4. The van der Waals surface area contributed by atoms with Gasteiger partial charge in [0.15, 0.2) is 0 Å². The third-order valence-electron chi connectivity index (χ3n) is 10.7. The average molecular weight is 841 g/mol. The Morgan fingerprint density at radius 1 is 0.359 bits per heavy atom. The van der Waals surface area contributed by atoms with Gasteiger partial charge in [0.2, 0.25) is 0 Å². The molecule has 8 rings (SSSR count). The molecule has 0 heterocycles. The van der Waals surface area contributed by atoms with Gasteiger partial charge in [-0.2, -0.15) is 0 Å². The van der Waals surface area contributed by atoms with E-state index in [0.29, 0.717) is 16.7 Å². The number of methoxy groups -OCH3 is 5. The number of hydrogen-bond donors (Lipinski definition) is 0. The smallest absolute Gasteiger partial charge is 0.340 e. The Bertz CT molecular complexity index is 2670. The lowest BCUT2D eigenvalue weighted by atomic mass is 10.1. The van der Waals surface area contributed by atoms with Crippen molar-refractivity contribution >= 4 is 40.1 Å². The molecular formula is C56H44N2O6. The Morgan fingerprint density at radius 2 is 0.641 bits per heavy atom. The number of ether oxygens (including phenoxy) is 5. The molecule has 6 aromatic carbocycles. The molecule has 0 spiro atoms. The summed E-state index contributed by atoms with van der Waals surface area (Å²) in [6.45, 7) is 0. The van der Waals surface area contributed by atoms with Crippen LogP contribution in [0.5, 0.6) is 23.0 Å². The molecule has 0 unspecified atom stereocenters. The second-order valence-corrected chi connectivity index (χ2v) is 14.4. The van der Waals surface area contributed by atoms with Crippen LogP contribution in [0.4, 0.5) is 34.1 Å². The van der Waals surface area contributed by atoms with Crippen LogP contribution in [0.1, 0.15) is 32.6 Å². The van der Waals surface area contributed by atoms with Gasteiger partial charge in [-0.25, -0.2) is 4.79 Å². The molecular weight excluding hydrogens is 797 g/mol. The molecule has 0 atom stereocenters. The van der Waals surface area contributed by atoms with Crippen molar-refractivity contribution in [1.29, 1.82) is 0 Å². The van der Waals surface area contributed by atoms with Crippen LogP contribution in [-0.4, -0.2) is 41.5 Å². The molecule has 314 valence electrons. The Hall–Kier alpha value is -8.59. The molecule has 64 heavy (non-hydrogen) atoms. The average Bonchev–Trinajstić information content (AvgIpc) is 3.45. The molecule has 0 aliphatic heterocycles. The van der Waals surface area contributed by atoms with Crippen LogP contribution in [0.15, 0.2) is 176 Å². The quantitative estimate of drug-likeness (QED) is 0.0942. The number of fused-ring (bicyclic) bond motifs is 1. The van der Waals surface area contributed by atoms with E-state index in [0.717, 1.165) is 79.4 Å². The van der Waals surface area contributed by atoms with Crippen molar-refractivity contribution in [2.24, 2.45) is 0 Å². The lowest BCUT2D eigenvalue weighted by Gasteiger charge is -2.25. The van der Waals surface area contributed by atoms with Gasteiger partial charge in [0.05, 0.1) is 41.1 Å². The van der Waals surface area contributed by atoms with E-state index in [4.69, 9.17) is 23.7 Å².